The first-order chi connectivity index (χ1) is 18.9. The summed E-state index contributed by atoms with van der Waals surface area (Å²) in [5.41, 5.74) is 9.11. The summed E-state index contributed by atoms with van der Waals surface area (Å²) >= 11 is 0. The van der Waals surface area contributed by atoms with Crippen molar-refractivity contribution in [2.75, 3.05) is 5.73 Å². The highest BCUT2D eigenvalue weighted by Gasteiger charge is 2.23. The van der Waals surface area contributed by atoms with Gasteiger partial charge >= 0.3 is 11.3 Å². The molecule has 0 aliphatic rings. The van der Waals surface area contributed by atoms with Crippen molar-refractivity contribution in [1.29, 1.82) is 0 Å². The second-order valence-corrected chi connectivity index (χ2v) is 9.56. The van der Waals surface area contributed by atoms with Gasteiger partial charge in [0.1, 0.15) is 33.8 Å². The van der Waals surface area contributed by atoms with Crippen molar-refractivity contribution in [3.8, 4) is 22.6 Å². The van der Waals surface area contributed by atoms with E-state index >= 15 is 0 Å². The van der Waals surface area contributed by atoms with Gasteiger partial charge in [0.25, 0.3) is 0 Å². The van der Waals surface area contributed by atoms with Crippen molar-refractivity contribution in [2.45, 2.75) is 6.92 Å². The Morgan fingerprint density at radius 1 is 0.564 bits per heavy atom. The zero-order valence-electron chi connectivity index (χ0n) is 20.4. The van der Waals surface area contributed by atoms with Crippen LogP contribution in [0.15, 0.2) is 104 Å². The average molecular weight is 515 g/mol. The highest BCUT2D eigenvalue weighted by atomic mass is 16.4. The van der Waals surface area contributed by atoms with Crippen LogP contribution in [0.3, 0.4) is 0 Å². The molecule has 8 aromatic rings. The standard InChI is InChI=1S/C31H17NO7/c1-14-3-2-4-19-18(14)8-6-16-10-21(31(34)39-27(16)19)24-13-26-29(37-24)28-25(35-26)12-23(36-28)20-9-15-5-7-17(32)11-22(15)38-30(20)33/h2-13H,32H2,1H3. The van der Waals surface area contributed by atoms with Gasteiger partial charge < -0.3 is 27.8 Å². The van der Waals surface area contributed by atoms with Gasteiger partial charge in [-0.05, 0) is 42.1 Å². The average Bonchev–Trinajstić information content (AvgIpc) is 3.59. The van der Waals surface area contributed by atoms with Crippen molar-refractivity contribution in [3.05, 3.63) is 99.2 Å². The number of nitrogens with two attached hydrogens (primary N) is 1. The molecular weight excluding hydrogens is 498 g/mol. The van der Waals surface area contributed by atoms with Crippen molar-refractivity contribution in [2.24, 2.45) is 0 Å². The maximum atomic E-state index is 13.0. The van der Waals surface area contributed by atoms with Crippen LogP contribution in [0.2, 0.25) is 0 Å². The van der Waals surface area contributed by atoms with Gasteiger partial charge in [0.2, 0.25) is 11.2 Å². The smallest absolute Gasteiger partial charge is 0.347 e. The van der Waals surface area contributed by atoms with Gasteiger partial charge in [-0.3, -0.25) is 0 Å². The predicted octanol–water partition coefficient (Wildman–Crippen LogP) is 7.36. The zero-order chi connectivity index (χ0) is 26.4. The lowest BCUT2D eigenvalue weighted by Gasteiger charge is -2.06. The summed E-state index contributed by atoms with van der Waals surface area (Å²) in [6.07, 6.45) is 0. The molecule has 0 aliphatic heterocycles. The predicted molar refractivity (Wildman–Crippen MR) is 148 cm³/mol. The third kappa shape index (κ3) is 3.12. The van der Waals surface area contributed by atoms with E-state index in [0.29, 0.717) is 44.6 Å². The lowest BCUT2D eigenvalue weighted by atomic mass is 10.0. The fourth-order valence-corrected chi connectivity index (χ4v) is 5.17. The lowest BCUT2D eigenvalue weighted by Crippen LogP contribution is -2.02. The molecule has 5 heterocycles. The van der Waals surface area contributed by atoms with Crippen molar-refractivity contribution >= 4 is 60.7 Å². The van der Waals surface area contributed by atoms with Crippen molar-refractivity contribution in [1.82, 2.24) is 0 Å². The maximum absolute atomic E-state index is 13.0. The van der Waals surface area contributed by atoms with Crippen LogP contribution in [-0.4, -0.2) is 0 Å². The third-order valence-electron chi connectivity index (χ3n) is 7.09. The number of furan rings is 3. The Labute approximate surface area is 217 Å². The molecule has 8 rings (SSSR count). The molecule has 39 heavy (non-hydrogen) atoms. The van der Waals surface area contributed by atoms with Gasteiger partial charge in [0.15, 0.2) is 11.2 Å². The molecule has 0 bridgehead atoms. The number of aryl methyl sites for hydroxylation is 1. The number of benzene rings is 3. The fourth-order valence-electron chi connectivity index (χ4n) is 5.17. The van der Waals surface area contributed by atoms with Crippen molar-refractivity contribution in [3.63, 3.8) is 0 Å². The molecule has 0 saturated heterocycles. The van der Waals surface area contributed by atoms with E-state index in [2.05, 4.69) is 0 Å². The van der Waals surface area contributed by atoms with E-state index in [1.807, 2.05) is 37.3 Å². The fraction of sp³-hybridized carbons (Fsp3) is 0.0323. The Morgan fingerprint density at radius 3 is 1.97 bits per heavy atom. The molecular formula is C31H17NO7. The largest absolute Gasteiger partial charge is 0.449 e. The lowest BCUT2D eigenvalue weighted by molar-refractivity contribution is 0.552. The molecule has 2 N–H and O–H groups in total. The Hall–Kier alpha value is -5.50. The third-order valence-corrected chi connectivity index (χ3v) is 7.09. The summed E-state index contributed by atoms with van der Waals surface area (Å²) in [5.74, 6) is 0.551. The highest BCUT2D eigenvalue weighted by Crippen LogP contribution is 2.39. The first-order valence-corrected chi connectivity index (χ1v) is 12.2. The topological polar surface area (TPSA) is 126 Å². The summed E-state index contributed by atoms with van der Waals surface area (Å²) in [4.78, 5) is 25.7. The number of anilines is 1. The zero-order valence-corrected chi connectivity index (χ0v) is 20.4. The number of hydrogen-bond donors (Lipinski definition) is 1. The van der Waals surface area contributed by atoms with Crippen LogP contribution < -0.4 is 17.0 Å². The molecule has 0 radical (unpaired) electrons. The van der Waals surface area contributed by atoms with E-state index in [1.165, 1.54) is 0 Å². The summed E-state index contributed by atoms with van der Waals surface area (Å²) in [5, 5.41) is 3.36. The Balaban J connectivity index is 1.26. The van der Waals surface area contributed by atoms with E-state index in [9.17, 15) is 9.59 Å². The van der Waals surface area contributed by atoms with Gasteiger partial charge in [-0.25, -0.2) is 9.59 Å². The minimum absolute atomic E-state index is 0.233. The summed E-state index contributed by atoms with van der Waals surface area (Å²) < 4.78 is 29.2. The molecule has 0 aliphatic carbocycles. The number of hydrogen-bond acceptors (Lipinski definition) is 8. The van der Waals surface area contributed by atoms with Crippen LogP contribution in [0.5, 0.6) is 0 Å². The van der Waals surface area contributed by atoms with E-state index < -0.39 is 11.3 Å². The van der Waals surface area contributed by atoms with Gasteiger partial charge in [-0.1, -0.05) is 30.3 Å². The Morgan fingerprint density at radius 2 is 1.23 bits per heavy atom. The molecule has 8 heteroatoms. The van der Waals surface area contributed by atoms with Crippen LogP contribution in [0, 0.1) is 6.92 Å². The molecule has 5 aromatic heterocycles. The monoisotopic (exact) mass is 515 g/mol. The molecule has 8 nitrogen and oxygen atoms in total. The number of fused-ring (bicyclic) bond motifs is 7. The first kappa shape index (κ1) is 21.6. The molecule has 0 amide bonds. The first-order valence-electron chi connectivity index (χ1n) is 12.2. The summed E-state index contributed by atoms with van der Waals surface area (Å²) in [6.45, 7) is 2.02. The second-order valence-electron chi connectivity index (χ2n) is 9.56. The molecule has 0 atom stereocenters. The normalized spacial score (nSPS) is 12.0. The maximum Gasteiger partial charge on any atom is 0.347 e. The molecule has 188 valence electrons. The Kier molecular flexibility index (Phi) is 4.16. The van der Waals surface area contributed by atoms with Crippen molar-refractivity contribution < 1.29 is 22.1 Å². The van der Waals surface area contributed by atoms with Gasteiger partial charge in [0.05, 0.1) is 0 Å². The van der Waals surface area contributed by atoms with Crippen LogP contribution in [0.1, 0.15) is 5.56 Å². The van der Waals surface area contributed by atoms with Gasteiger partial charge in [-0.15, -0.1) is 0 Å². The van der Waals surface area contributed by atoms with Crippen LogP contribution in [0.25, 0.3) is 77.7 Å². The van der Waals surface area contributed by atoms with Crippen LogP contribution in [-0.2, 0) is 0 Å². The van der Waals surface area contributed by atoms with Gasteiger partial charge in [-0.2, -0.15) is 0 Å². The Bertz CT molecular complexity index is 2410. The SMILES string of the molecule is Cc1cccc2c1ccc1cc(-c3cc4oc5cc(-c6cc7ccc(N)cc7oc6=O)oc5c4o3)c(=O)oc12. The highest BCUT2D eigenvalue weighted by molar-refractivity contribution is 6.06. The second kappa shape index (κ2) is 7.52. The minimum atomic E-state index is -0.572. The van der Waals surface area contributed by atoms with E-state index in [-0.39, 0.29) is 22.6 Å². The van der Waals surface area contributed by atoms with Crippen LogP contribution in [0.4, 0.5) is 5.69 Å². The summed E-state index contributed by atoms with van der Waals surface area (Å²) in [7, 11) is 0. The quantitative estimate of drug-likeness (QED) is 0.144. The van der Waals surface area contributed by atoms with E-state index in [0.717, 1.165) is 21.7 Å². The van der Waals surface area contributed by atoms with E-state index in [4.69, 9.17) is 27.8 Å². The number of nitrogen functional groups attached to an aromatic ring is 1. The van der Waals surface area contributed by atoms with E-state index in [1.54, 1.807) is 42.5 Å². The molecule has 0 spiro atoms. The molecule has 0 saturated carbocycles. The van der Waals surface area contributed by atoms with Gasteiger partial charge in [0, 0.05) is 40.0 Å². The summed E-state index contributed by atoms with van der Waals surface area (Å²) in [6, 6.07) is 21.6. The molecule has 0 fully saturated rings. The molecule has 0 unspecified atom stereocenters. The molecule has 3 aromatic carbocycles. The number of rotatable bonds is 2. The minimum Gasteiger partial charge on any atom is -0.449 e. The van der Waals surface area contributed by atoms with Crippen LogP contribution >= 0.6 is 0 Å².